The molecule has 1 rings (SSSR count). The summed E-state index contributed by atoms with van der Waals surface area (Å²) in [5, 5.41) is 3.01. The summed E-state index contributed by atoms with van der Waals surface area (Å²) in [6.45, 7) is 4.90. The van der Waals surface area contributed by atoms with Crippen LogP contribution in [0.25, 0.3) is 0 Å². The van der Waals surface area contributed by atoms with Crippen LogP contribution in [0.2, 0.25) is 13.1 Å². The van der Waals surface area contributed by atoms with Gasteiger partial charge in [-0.1, -0.05) is 13.1 Å². The number of hydrogen-bond donors (Lipinski definition) is 0. The molecule has 0 aromatic rings. The van der Waals surface area contributed by atoms with Gasteiger partial charge in [-0.25, -0.2) is 0 Å². The molecule has 0 spiro atoms. The van der Waals surface area contributed by atoms with Crippen molar-refractivity contribution in [2.75, 3.05) is 10.8 Å². The SMILES string of the molecule is C[Si]1(C)CSC1. The number of hydrogen-bond acceptors (Lipinski definition) is 1. The van der Waals surface area contributed by atoms with E-state index in [-0.39, 0.29) is 0 Å². The summed E-state index contributed by atoms with van der Waals surface area (Å²) in [5.74, 6) is 0. The first-order valence-corrected chi connectivity index (χ1v) is 6.85. The molecule has 2 heteroatoms. The third-order valence-corrected chi connectivity index (χ3v) is 8.87. The zero-order valence-corrected chi connectivity index (χ0v) is 6.14. The van der Waals surface area contributed by atoms with Gasteiger partial charge in [-0.3, -0.25) is 0 Å². The van der Waals surface area contributed by atoms with E-state index in [2.05, 4.69) is 24.9 Å². The largest absolute Gasteiger partial charge is 0.168 e. The van der Waals surface area contributed by atoms with Crippen LogP contribution in [0.4, 0.5) is 0 Å². The maximum atomic E-state index is 2.45. The molecule has 1 heterocycles. The molecule has 0 N–H and O–H groups in total. The van der Waals surface area contributed by atoms with Gasteiger partial charge in [0.05, 0.1) is 8.07 Å². The van der Waals surface area contributed by atoms with Crippen LogP contribution in [0.1, 0.15) is 0 Å². The highest BCUT2D eigenvalue weighted by atomic mass is 32.2. The van der Waals surface area contributed by atoms with E-state index in [0.29, 0.717) is 0 Å². The van der Waals surface area contributed by atoms with Crippen molar-refractivity contribution in [1.82, 2.24) is 0 Å². The molecule has 0 aromatic heterocycles. The summed E-state index contributed by atoms with van der Waals surface area (Å²) < 4.78 is 0. The maximum absolute atomic E-state index is 2.45. The summed E-state index contributed by atoms with van der Waals surface area (Å²) >= 11 is 2.11. The van der Waals surface area contributed by atoms with E-state index in [1.807, 2.05) is 0 Å². The van der Waals surface area contributed by atoms with E-state index >= 15 is 0 Å². The molecular weight excluding hydrogens is 108 g/mol. The molecule has 0 amide bonds. The van der Waals surface area contributed by atoms with E-state index in [0.717, 1.165) is 0 Å². The maximum Gasteiger partial charge on any atom is 0.0679 e. The van der Waals surface area contributed by atoms with Crippen molar-refractivity contribution in [3.8, 4) is 0 Å². The Bertz CT molecular complexity index is 54.6. The highest BCUT2D eigenvalue weighted by molar-refractivity contribution is 8.06. The van der Waals surface area contributed by atoms with Gasteiger partial charge < -0.3 is 0 Å². The third-order valence-electron chi connectivity index (χ3n) is 0.986. The van der Waals surface area contributed by atoms with Gasteiger partial charge in [0, 0.05) is 0 Å². The topological polar surface area (TPSA) is 0 Å². The molecule has 0 aromatic carbocycles. The quantitative estimate of drug-likeness (QED) is 0.435. The molecule has 1 fully saturated rings. The van der Waals surface area contributed by atoms with E-state index < -0.39 is 8.07 Å². The molecule has 0 aliphatic carbocycles. The van der Waals surface area contributed by atoms with Crippen LogP contribution in [-0.2, 0) is 0 Å². The van der Waals surface area contributed by atoms with Crippen LogP contribution in [0.3, 0.4) is 0 Å². The Balaban J connectivity index is 2.31. The van der Waals surface area contributed by atoms with Crippen LogP contribution in [0, 0.1) is 0 Å². The molecular formula is C4H10SSi. The van der Waals surface area contributed by atoms with Crippen LogP contribution in [0.15, 0.2) is 0 Å². The molecule has 0 atom stereocenters. The first-order chi connectivity index (χ1) is 2.71. The number of thioether (sulfide) groups is 1. The lowest BCUT2D eigenvalue weighted by molar-refractivity contribution is 1.58. The van der Waals surface area contributed by atoms with Gasteiger partial charge in [0.25, 0.3) is 0 Å². The Morgan fingerprint density at radius 1 is 1.33 bits per heavy atom. The molecule has 1 aliphatic heterocycles. The standard InChI is InChI=1S/C4H10SSi/c1-6(2)3-5-4-6/h3-4H2,1-2H3. The Kier molecular flexibility index (Phi) is 0.998. The van der Waals surface area contributed by atoms with Gasteiger partial charge in [-0.2, -0.15) is 11.8 Å². The van der Waals surface area contributed by atoms with Gasteiger partial charge in [0.1, 0.15) is 0 Å². The van der Waals surface area contributed by atoms with E-state index in [1.165, 1.54) is 10.8 Å². The van der Waals surface area contributed by atoms with Crippen LogP contribution in [0.5, 0.6) is 0 Å². The molecule has 0 unspecified atom stereocenters. The first-order valence-electron chi connectivity index (χ1n) is 2.28. The second-order valence-electron chi connectivity index (χ2n) is 2.66. The lowest BCUT2D eigenvalue weighted by Gasteiger charge is -2.30. The van der Waals surface area contributed by atoms with Crippen molar-refractivity contribution >= 4 is 19.8 Å². The van der Waals surface area contributed by atoms with Crippen molar-refractivity contribution in [3.63, 3.8) is 0 Å². The fourth-order valence-corrected chi connectivity index (χ4v) is 4.59. The van der Waals surface area contributed by atoms with Crippen LogP contribution in [-0.4, -0.2) is 18.8 Å². The Morgan fingerprint density at radius 2 is 1.67 bits per heavy atom. The molecule has 0 saturated carbocycles. The summed E-state index contributed by atoms with van der Waals surface area (Å²) in [5.41, 5.74) is 0. The van der Waals surface area contributed by atoms with Crippen LogP contribution < -0.4 is 0 Å². The summed E-state index contributed by atoms with van der Waals surface area (Å²) in [6.07, 6.45) is 0. The average Bonchev–Trinajstić information content (AvgIpc) is 1.32. The van der Waals surface area contributed by atoms with E-state index in [4.69, 9.17) is 0 Å². The number of rotatable bonds is 0. The van der Waals surface area contributed by atoms with E-state index in [9.17, 15) is 0 Å². The zero-order chi connectivity index (χ0) is 4.62. The van der Waals surface area contributed by atoms with E-state index in [1.54, 1.807) is 0 Å². The van der Waals surface area contributed by atoms with Crippen molar-refractivity contribution in [3.05, 3.63) is 0 Å². The predicted octanol–water partition coefficient (Wildman–Crippen LogP) is 1.52. The van der Waals surface area contributed by atoms with Gasteiger partial charge in [-0.05, 0) is 10.8 Å². The van der Waals surface area contributed by atoms with Crippen molar-refractivity contribution in [1.29, 1.82) is 0 Å². The van der Waals surface area contributed by atoms with Gasteiger partial charge in [-0.15, -0.1) is 0 Å². The van der Waals surface area contributed by atoms with Crippen molar-refractivity contribution in [2.45, 2.75) is 13.1 Å². The third kappa shape index (κ3) is 0.792. The monoisotopic (exact) mass is 118 g/mol. The smallest absolute Gasteiger partial charge is 0.0679 e. The molecule has 1 aliphatic rings. The summed E-state index contributed by atoms with van der Waals surface area (Å²) in [4.78, 5) is 0. The fourth-order valence-electron chi connectivity index (χ4n) is 0.510. The highest BCUT2D eigenvalue weighted by Crippen LogP contribution is 2.26. The minimum Gasteiger partial charge on any atom is -0.168 e. The molecule has 1 saturated heterocycles. The zero-order valence-electron chi connectivity index (χ0n) is 4.32. The Hall–Kier alpha value is 0.567. The molecule has 0 radical (unpaired) electrons. The van der Waals surface area contributed by atoms with Gasteiger partial charge in [0.15, 0.2) is 0 Å². The highest BCUT2D eigenvalue weighted by Gasteiger charge is 2.28. The summed E-state index contributed by atoms with van der Waals surface area (Å²) in [6, 6.07) is 0. The summed E-state index contributed by atoms with van der Waals surface area (Å²) in [7, 11) is -0.488. The lowest BCUT2D eigenvalue weighted by atomic mass is 11.7. The minimum absolute atomic E-state index is 0.488. The van der Waals surface area contributed by atoms with Gasteiger partial charge >= 0.3 is 0 Å². The lowest BCUT2D eigenvalue weighted by Crippen LogP contribution is -2.42. The van der Waals surface area contributed by atoms with Gasteiger partial charge in [0.2, 0.25) is 0 Å². The average molecular weight is 118 g/mol. The molecule has 6 heavy (non-hydrogen) atoms. The minimum atomic E-state index is -0.488. The van der Waals surface area contributed by atoms with Crippen molar-refractivity contribution in [2.24, 2.45) is 0 Å². The predicted molar refractivity (Wildman–Crippen MR) is 34.8 cm³/mol. The second-order valence-corrected chi connectivity index (χ2v) is 9.70. The molecule has 0 nitrogen and oxygen atoms in total. The molecule has 0 bridgehead atoms. The first kappa shape index (κ1) is 4.72. The Morgan fingerprint density at radius 3 is 1.67 bits per heavy atom. The molecule has 36 valence electrons. The second kappa shape index (κ2) is 1.27. The normalized spacial score (nSPS) is 29.0. The van der Waals surface area contributed by atoms with Crippen molar-refractivity contribution < 1.29 is 0 Å². The van der Waals surface area contributed by atoms with Crippen LogP contribution >= 0.6 is 11.8 Å². The Labute approximate surface area is 44.3 Å². The fraction of sp³-hybridized carbons (Fsp3) is 1.00.